The highest BCUT2D eigenvalue weighted by Crippen LogP contribution is 2.38. The lowest BCUT2D eigenvalue weighted by molar-refractivity contribution is -0.143. The van der Waals surface area contributed by atoms with E-state index in [1.807, 2.05) is 0 Å². The Morgan fingerprint density at radius 3 is 2.50 bits per heavy atom. The molecular weight excluding hydrogens is 603 g/mol. The van der Waals surface area contributed by atoms with Gasteiger partial charge in [-0.2, -0.15) is 4.99 Å². The summed E-state index contributed by atoms with van der Waals surface area (Å²) in [4.78, 5) is 67.9. The summed E-state index contributed by atoms with van der Waals surface area (Å²) in [5.41, 5.74) is 2.32. The molecule has 1 aliphatic rings. The maximum atomic E-state index is 12.8. The van der Waals surface area contributed by atoms with Gasteiger partial charge in [0.2, 0.25) is 5.91 Å². The monoisotopic (exact) mass is 633 g/mol. The molecule has 42 heavy (non-hydrogen) atoms. The van der Waals surface area contributed by atoms with Crippen LogP contribution in [-0.4, -0.2) is 66.6 Å². The summed E-state index contributed by atoms with van der Waals surface area (Å²) in [6, 6.07) is 4.84. The molecule has 1 aromatic carbocycles. The van der Waals surface area contributed by atoms with E-state index in [-0.39, 0.29) is 35.4 Å². The molecule has 224 valence electrons. The minimum atomic E-state index is -0.511. The first-order valence-corrected chi connectivity index (χ1v) is 16.1. The Balaban J connectivity index is 1.46. The Morgan fingerprint density at radius 2 is 1.76 bits per heavy atom. The molecule has 0 saturated carbocycles. The second-order valence-corrected chi connectivity index (χ2v) is 12.4. The van der Waals surface area contributed by atoms with E-state index in [0.29, 0.717) is 26.3 Å². The smallest absolute Gasteiger partial charge is 0.341 e. The Hall–Kier alpha value is -3.49. The molecule has 14 heteroatoms. The molecule has 1 aliphatic carbocycles. The molecule has 0 saturated heterocycles. The summed E-state index contributed by atoms with van der Waals surface area (Å²) in [6.07, 6.45) is 4.75. The fraction of sp³-hybridized carbons (Fsp3) is 0.429. The van der Waals surface area contributed by atoms with E-state index in [4.69, 9.17) is 14.2 Å². The number of nitrogens with one attached hydrogen (secondary N) is 1. The third-order valence-corrected chi connectivity index (χ3v) is 9.60. The number of thiophene rings is 1. The summed E-state index contributed by atoms with van der Waals surface area (Å²) >= 11 is 3.64. The summed E-state index contributed by atoms with van der Waals surface area (Å²) in [7, 11) is 2.61. The molecule has 0 radical (unpaired) electrons. The van der Waals surface area contributed by atoms with Crippen molar-refractivity contribution in [3.63, 3.8) is 0 Å². The van der Waals surface area contributed by atoms with Crippen LogP contribution in [0.3, 0.4) is 0 Å². The zero-order valence-corrected chi connectivity index (χ0v) is 25.9. The number of methoxy groups -OCH3 is 2. The van der Waals surface area contributed by atoms with Crippen LogP contribution in [0.4, 0.5) is 5.00 Å². The van der Waals surface area contributed by atoms with Gasteiger partial charge in [-0.25, -0.2) is 9.59 Å². The van der Waals surface area contributed by atoms with Crippen LogP contribution >= 0.6 is 34.4 Å². The van der Waals surface area contributed by atoms with E-state index in [2.05, 4.69) is 10.3 Å². The van der Waals surface area contributed by atoms with Gasteiger partial charge in [0.25, 0.3) is 5.91 Å². The number of aryl methyl sites for hydroxylation is 1. The Morgan fingerprint density at radius 1 is 1.00 bits per heavy atom. The zero-order valence-electron chi connectivity index (χ0n) is 23.5. The zero-order chi connectivity index (χ0) is 30.2. The summed E-state index contributed by atoms with van der Waals surface area (Å²) in [5, 5.41) is 3.31. The third-order valence-electron chi connectivity index (χ3n) is 6.44. The second kappa shape index (κ2) is 14.6. The van der Waals surface area contributed by atoms with Crippen molar-refractivity contribution in [1.29, 1.82) is 0 Å². The van der Waals surface area contributed by atoms with Crippen molar-refractivity contribution in [2.75, 3.05) is 37.6 Å². The SMILES string of the molecule is CCOC(=O)Cn1c(=NC(=O)CSCC(=O)Nc2sc3c(c2C(=O)OC)CCCCC3)sc2cc(C(=O)OC)ccc21. The average molecular weight is 634 g/mol. The average Bonchev–Trinajstić information content (AvgIpc) is 3.37. The van der Waals surface area contributed by atoms with Crippen molar-refractivity contribution in [1.82, 2.24) is 4.57 Å². The number of fused-ring (bicyclic) bond motifs is 2. The molecule has 2 amide bonds. The van der Waals surface area contributed by atoms with Crippen molar-refractivity contribution >= 4 is 79.4 Å². The number of rotatable bonds is 10. The van der Waals surface area contributed by atoms with Gasteiger partial charge in [0.15, 0.2) is 4.80 Å². The molecule has 3 aromatic rings. The minimum absolute atomic E-state index is 0.0256. The van der Waals surface area contributed by atoms with Crippen molar-refractivity contribution in [3.05, 3.63) is 44.6 Å². The Bertz CT molecular complexity index is 1590. The number of amides is 2. The highest BCUT2D eigenvalue weighted by atomic mass is 32.2. The van der Waals surface area contributed by atoms with Crippen LogP contribution in [0.5, 0.6) is 0 Å². The van der Waals surface area contributed by atoms with Crippen molar-refractivity contribution in [2.24, 2.45) is 4.99 Å². The van der Waals surface area contributed by atoms with Gasteiger partial charge in [-0.05, 0) is 56.4 Å². The van der Waals surface area contributed by atoms with Gasteiger partial charge < -0.3 is 24.1 Å². The molecule has 11 nitrogen and oxygen atoms in total. The van der Waals surface area contributed by atoms with Crippen LogP contribution in [0.2, 0.25) is 0 Å². The normalized spacial score (nSPS) is 13.3. The first kappa shape index (κ1) is 31.4. The van der Waals surface area contributed by atoms with Gasteiger partial charge in [-0.3, -0.25) is 14.4 Å². The maximum Gasteiger partial charge on any atom is 0.341 e. The lowest BCUT2D eigenvalue weighted by atomic mass is 10.1. The molecule has 0 spiro atoms. The largest absolute Gasteiger partial charge is 0.465 e. The van der Waals surface area contributed by atoms with Crippen molar-refractivity contribution < 1.29 is 38.2 Å². The van der Waals surface area contributed by atoms with Crippen LogP contribution in [0.15, 0.2) is 23.2 Å². The van der Waals surface area contributed by atoms with Crippen LogP contribution in [0.25, 0.3) is 10.2 Å². The van der Waals surface area contributed by atoms with Crippen molar-refractivity contribution in [2.45, 2.75) is 45.6 Å². The number of thiazole rings is 1. The predicted octanol–water partition coefficient (Wildman–Crippen LogP) is 3.97. The number of benzene rings is 1. The van der Waals surface area contributed by atoms with Gasteiger partial charge in [0, 0.05) is 4.88 Å². The molecule has 1 N–H and O–H groups in total. The highest BCUT2D eigenvalue weighted by molar-refractivity contribution is 8.00. The molecule has 2 aromatic heterocycles. The van der Waals surface area contributed by atoms with Gasteiger partial charge >= 0.3 is 17.9 Å². The van der Waals surface area contributed by atoms with E-state index in [1.165, 1.54) is 25.6 Å². The second-order valence-electron chi connectivity index (χ2n) is 9.26. The molecule has 0 fully saturated rings. The number of aromatic nitrogens is 1. The summed E-state index contributed by atoms with van der Waals surface area (Å²) < 4.78 is 17.0. The van der Waals surface area contributed by atoms with Crippen LogP contribution in [-0.2, 0) is 48.0 Å². The maximum absolute atomic E-state index is 12.8. The number of thioether (sulfide) groups is 1. The molecule has 0 atom stereocenters. The van der Waals surface area contributed by atoms with Crippen molar-refractivity contribution in [3.8, 4) is 0 Å². The van der Waals surface area contributed by atoms with Crippen LogP contribution in [0, 0.1) is 0 Å². The predicted molar refractivity (Wildman–Crippen MR) is 161 cm³/mol. The van der Waals surface area contributed by atoms with E-state index < -0.39 is 23.8 Å². The van der Waals surface area contributed by atoms with Gasteiger partial charge in [0.05, 0.1) is 53.7 Å². The number of nitrogens with zero attached hydrogens (tertiary/aromatic N) is 2. The number of ether oxygens (including phenoxy) is 3. The van der Waals surface area contributed by atoms with E-state index in [1.54, 1.807) is 29.7 Å². The van der Waals surface area contributed by atoms with Crippen LogP contribution < -0.4 is 10.1 Å². The fourth-order valence-corrected chi connectivity index (χ4v) is 7.55. The molecule has 0 unspecified atom stereocenters. The first-order chi connectivity index (χ1) is 20.2. The van der Waals surface area contributed by atoms with E-state index in [0.717, 1.165) is 65.6 Å². The van der Waals surface area contributed by atoms with E-state index >= 15 is 0 Å². The Labute approximate surface area is 254 Å². The van der Waals surface area contributed by atoms with Crippen LogP contribution in [0.1, 0.15) is 57.3 Å². The van der Waals surface area contributed by atoms with Gasteiger partial charge in [-0.1, -0.05) is 17.8 Å². The molecule has 0 aliphatic heterocycles. The van der Waals surface area contributed by atoms with Gasteiger partial charge in [0.1, 0.15) is 11.5 Å². The fourth-order valence-electron chi connectivity index (χ4n) is 4.57. The number of carbonyl (C=O) groups is 5. The number of anilines is 1. The highest BCUT2D eigenvalue weighted by Gasteiger charge is 2.26. The topological polar surface area (TPSA) is 142 Å². The molecular formula is C28H31N3O8S3. The molecule has 0 bridgehead atoms. The number of esters is 3. The lowest BCUT2D eigenvalue weighted by Gasteiger charge is -2.07. The quantitative estimate of drug-likeness (QED) is 0.199. The number of hydrogen-bond acceptors (Lipinski definition) is 11. The number of carbonyl (C=O) groups excluding carboxylic acids is 5. The third kappa shape index (κ3) is 7.47. The lowest BCUT2D eigenvalue weighted by Crippen LogP contribution is -2.23. The number of hydrogen-bond donors (Lipinski definition) is 1. The molecule has 4 rings (SSSR count). The summed E-state index contributed by atoms with van der Waals surface area (Å²) in [5.74, 6) is -2.42. The summed E-state index contributed by atoms with van der Waals surface area (Å²) in [6.45, 7) is 1.73. The molecule has 2 heterocycles. The minimum Gasteiger partial charge on any atom is -0.465 e. The standard InChI is InChI=1S/C28H31N3O8S3/c1-4-39-23(34)13-31-18-11-10-16(26(35)37-2)12-20(18)42-28(31)30-22(33)15-40-14-21(32)29-25-24(27(36)38-3)17-8-6-5-7-9-19(17)41-25/h10-12H,4-9,13-15H2,1-3H3,(H,29,32). The van der Waals surface area contributed by atoms with Gasteiger partial charge in [-0.15, -0.1) is 23.1 Å². The van der Waals surface area contributed by atoms with E-state index in [9.17, 15) is 24.0 Å². The first-order valence-electron chi connectivity index (χ1n) is 13.3. The Kier molecular flexibility index (Phi) is 10.9.